The van der Waals surface area contributed by atoms with Crippen molar-refractivity contribution in [2.75, 3.05) is 43.4 Å². The van der Waals surface area contributed by atoms with Gasteiger partial charge >= 0.3 is 0 Å². The normalized spacial score (nSPS) is 17.5. The molecule has 2 aliphatic heterocycles. The fourth-order valence-corrected chi connectivity index (χ4v) is 6.23. The van der Waals surface area contributed by atoms with E-state index in [4.69, 9.17) is 9.97 Å². The number of rotatable bonds is 7. The number of aryl methyl sites for hydroxylation is 1. The minimum Gasteiger partial charge on any atom is -0.384 e. The molecule has 39 heavy (non-hydrogen) atoms. The minimum absolute atomic E-state index is 0.547. The van der Waals surface area contributed by atoms with Gasteiger partial charge in [-0.05, 0) is 88.0 Å². The zero-order chi connectivity index (χ0) is 27.2. The summed E-state index contributed by atoms with van der Waals surface area (Å²) >= 11 is 0. The number of hydrogen-bond donors (Lipinski definition) is 2. The standard InChI is InChI=1S/C31H39N7O/c1-5-7-25-18-22-19-32-29(35-28(22)38(25)27-9-6-8-26(34-27)30(2,3)39)33-23-10-12-24(13-11-23)37-16-14-31(15-17-37)20-36(4)21-31/h6,8-13,18-19,39H,5,7,14-17,20-21H2,1-4H3,(H,32,33,35). The molecule has 2 N–H and O–H groups in total. The third-order valence-corrected chi connectivity index (χ3v) is 8.24. The van der Waals surface area contributed by atoms with E-state index < -0.39 is 5.60 Å². The maximum atomic E-state index is 10.5. The lowest BCUT2D eigenvalue weighted by molar-refractivity contribution is 0.00132. The Morgan fingerprint density at radius 1 is 1.03 bits per heavy atom. The lowest BCUT2D eigenvalue weighted by Gasteiger charge is -2.53. The van der Waals surface area contributed by atoms with E-state index in [1.807, 2.05) is 24.4 Å². The molecule has 5 heterocycles. The Morgan fingerprint density at radius 2 is 1.77 bits per heavy atom. The molecule has 8 nitrogen and oxygen atoms in total. The van der Waals surface area contributed by atoms with E-state index in [-0.39, 0.29) is 0 Å². The molecule has 2 aliphatic rings. The van der Waals surface area contributed by atoms with Gasteiger partial charge in [-0.1, -0.05) is 19.4 Å². The van der Waals surface area contributed by atoms with Gasteiger partial charge in [-0.3, -0.25) is 4.57 Å². The number of nitrogens with one attached hydrogen (secondary N) is 1. The van der Waals surface area contributed by atoms with Gasteiger partial charge in [-0.25, -0.2) is 9.97 Å². The van der Waals surface area contributed by atoms with E-state index in [1.165, 1.54) is 31.6 Å². The second-order valence-corrected chi connectivity index (χ2v) is 12.0. The topological polar surface area (TPSA) is 82.3 Å². The molecule has 204 valence electrons. The van der Waals surface area contributed by atoms with Crippen molar-refractivity contribution < 1.29 is 5.11 Å². The highest BCUT2D eigenvalue weighted by Crippen LogP contribution is 2.40. The Bertz CT molecular complexity index is 1450. The van der Waals surface area contributed by atoms with Crippen LogP contribution in [0.15, 0.2) is 54.7 Å². The number of piperidine rings is 1. The first-order valence-corrected chi connectivity index (χ1v) is 14.1. The third-order valence-electron chi connectivity index (χ3n) is 8.24. The minimum atomic E-state index is -1.03. The number of fused-ring (bicyclic) bond motifs is 1. The predicted octanol–water partition coefficient (Wildman–Crippen LogP) is 5.27. The van der Waals surface area contributed by atoms with Gasteiger partial charge in [0.25, 0.3) is 0 Å². The summed E-state index contributed by atoms with van der Waals surface area (Å²) in [4.78, 5) is 19.3. The molecule has 1 aromatic carbocycles. The van der Waals surface area contributed by atoms with E-state index in [2.05, 4.69) is 69.0 Å². The highest BCUT2D eigenvalue weighted by molar-refractivity contribution is 5.80. The van der Waals surface area contributed by atoms with Crippen LogP contribution in [0.2, 0.25) is 0 Å². The van der Waals surface area contributed by atoms with Crippen LogP contribution in [0.5, 0.6) is 0 Å². The van der Waals surface area contributed by atoms with Gasteiger partial charge in [-0.15, -0.1) is 0 Å². The van der Waals surface area contributed by atoms with Crippen LogP contribution in [0.1, 0.15) is 51.4 Å². The van der Waals surface area contributed by atoms with Crippen molar-refractivity contribution in [1.82, 2.24) is 24.4 Å². The molecule has 2 saturated heterocycles. The van der Waals surface area contributed by atoms with Crippen LogP contribution in [-0.4, -0.2) is 62.8 Å². The Morgan fingerprint density at radius 3 is 2.44 bits per heavy atom. The molecule has 6 rings (SSSR count). The summed E-state index contributed by atoms with van der Waals surface area (Å²) in [7, 11) is 2.22. The van der Waals surface area contributed by atoms with Crippen LogP contribution in [0.25, 0.3) is 16.9 Å². The summed E-state index contributed by atoms with van der Waals surface area (Å²) in [6.45, 7) is 10.4. The van der Waals surface area contributed by atoms with E-state index in [1.54, 1.807) is 13.8 Å². The maximum Gasteiger partial charge on any atom is 0.229 e. The average Bonchev–Trinajstić information content (AvgIpc) is 3.26. The summed E-state index contributed by atoms with van der Waals surface area (Å²) < 4.78 is 2.09. The van der Waals surface area contributed by atoms with Crippen LogP contribution in [0, 0.1) is 5.41 Å². The van der Waals surface area contributed by atoms with Gasteiger partial charge in [-0.2, -0.15) is 4.98 Å². The largest absolute Gasteiger partial charge is 0.384 e. The number of nitrogens with zero attached hydrogens (tertiary/aromatic N) is 6. The maximum absolute atomic E-state index is 10.5. The predicted molar refractivity (Wildman–Crippen MR) is 157 cm³/mol. The fourth-order valence-electron chi connectivity index (χ4n) is 6.23. The summed E-state index contributed by atoms with van der Waals surface area (Å²) in [5, 5.41) is 14.9. The number of hydrogen-bond acceptors (Lipinski definition) is 7. The Balaban J connectivity index is 1.23. The first-order valence-electron chi connectivity index (χ1n) is 14.1. The number of pyridine rings is 1. The quantitative estimate of drug-likeness (QED) is 0.340. The first kappa shape index (κ1) is 25.8. The highest BCUT2D eigenvalue weighted by atomic mass is 16.3. The van der Waals surface area contributed by atoms with Gasteiger partial charge in [0, 0.05) is 54.8 Å². The smallest absolute Gasteiger partial charge is 0.229 e. The number of aliphatic hydroxyl groups is 1. The zero-order valence-corrected chi connectivity index (χ0v) is 23.5. The van der Waals surface area contributed by atoms with Gasteiger partial charge in [0.1, 0.15) is 11.4 Å². The zero-order valence-electron chi connectivity index (χ0n) is 23.5. The Hall–Kier alpha value is -3.49. The molecule has 0 bridgehead atoms. The Kier molecular flexibility index (Phi) is 6.55. The second kappa shape index (κ2) is 9.92. The summed E-state index contributed by atoms with van der Waals surface area (Å²) in [5.74, 6) is 1.30. The SMILES string of the molecule is CCCc1cc2cnc(Nc3ccc(N4CCC5(CC4)CN(C)C5)cc3)nc2n1-c1cccc(C(C)(C)O)n1. The van der Waals surface area contributed by atoms with Crippen LogP contribution < -0.4 is 10.2 Å². The lowest BCUT2D eigenvalue weighted by atomic mass is 9.72. The molecule has 3 aromatic heterocycles. The first-order chi connectivity index (χ1) is 18.7. The van der Waals surface area contributed by atoms with Crippen molar-refractivity contribution in [1.29, 1.82) is 0 Å². The molecule has 1 spiro atoms. The number of likely N-dealkylation sites (tertiary alicyclic amines) is 1. The molecular weight excluding hydrogens is 486 g/mol. The van der Waals surface area contributed by atoms with Crippen molar-refractivity contribution in [2.45, 2.75) is 52.1 Å². The monoisotopic (exact) mass is 525 g/mol. The molecule has 2 fully saturated rings. The van der Waals surface area contributed by atoms with Crippen LogP contribution in [-0.2, 0) is 12.0 Å². The molecule has 0 aliphatic carbocycles. The number of anilines is 3. The highest BCUT2D eigenvalue weighted by Gasteiger charge is 2.43. The van der Waals surface area contributed by atoms with Crippen molar-refractivity contribution in [3.05, 3.63) is 66.1 Å². The molecule has 8 heteroatoms. The summed E-state index contributed by atoms with van der Waals surface area (Å²) in [6.07, 6.45) is 6.32. The molecule has 0 radical (unpaired) electrons. The van der Waals surface area contributed by atoms with E-state index in [0.29, 0.717) is 17.1 Å². The summed E-state index contributed by atoms with van der Waals surface area (Å²) in [5.41, 5.74) is 4.32. The van der Waals surface area contributed by atoms with Crippen LogP contribution in [0.4, 0.5) is 17.3 Å². The van der Waals surface area contributed by atoms with Crippen LogP contribution >= 0.6 is 0 Å². The fraction of sp³-hybridized carbons (Fsp3) is 0.452. The van der Waals surface area contributed by atoms with E-state index in [9.17, 15) is 5.11 Å². The van der Waals surface area contributed by atoms with E-state index >= 15 is 0 Å². The summed E-state index contributed by atoms with van der Waals surface area (Å²) in [6, 6.07) is 16.5. The van der Waals surface area contributed by atoms with E-state index in [0.717, 1.165) is 54.2 Å². The molecule has 0 saturated carbocycles. The lowest BCUT2D eigenvalue weighted by Crippen LogP contribution is -2.58. The van der Waals surface area contributed by atoms with Crippen molar-refractivity contribution in [2.24, 2.45) is 5.41 Å². The molecule has 4 aromatic rings. The van der Waals surface area contributed by atoms with Crippen molar-refractivity contribution in [3.8, 4) is 5.82 Å². The van der Waals surface area contributed by atoms with Gasteiger partial charge in [0.05, 0.1) is 5.69 Å². The molecule has 0 amide bonds. The number of aromatic nitrogens is 4. The van der Waals surface area contributed by atoms with Gasteiger partial charge in [0.2, 0.25) is 5.95 Å². The van der Waals surface area contributed by atoms with Gasteiger partial charge < -0.3 is 20.2 Å². The molecule has 0 atom stereocenters. The Labute approximate surface area is 230 Å². The third kappa shape index (κ3) is 5.11. The van der Waals surface area contributed by atoms with Crippen molar-refractivity contribution in [3.63, 3.8) is 0 Å². The molecular formula is C31H39N7O. The second-order valence-electron chi connectivity index (χ2n) is 12.0. The average molecular weight is 526 g/mol. The van der Waals surface area contributed by atoms with Gasteiger partial charge in [0.15, 0.2) is 5.65 Å². The molecule has 0 unspecified atom stereocenters. The number of benzene rings is 1. The van der Waals surface area contributed by atoms with Crippen LogP contribution in [0.3, 0.4) is 0 Å². The van der Waals surface area contributed by atoms with Crippen molar-refractivity contribution >= 4 is 28.4 Å².